The molecule has 5 nitrogen and oxygen atoms in total. The Kier molecular flexibility index (Phi) is 5.50. The number of ether oxygens (including phenoxy) is 1. The minimum Gasteiger partial charge on any atom is -0.457 e. The normalized spacial score (nSPS) is 13.5. The fourth-order valence-electron chi connectivity index (χ4n) is 5.88. The molecule has 0 bridgehead atoms. The van der Waals surface area contributed by atoms with Crippen LogP contribution in [0.15, 0.2) is 116 Å². The molecule has 0 N–H and O–H groups in total. The molecule has 0 atom stereocenters. The van der Waals surface area contributed by atoms with E-state index < -0.39 is 0 Å². The smallest absolute Gasteiger partial charge is 0.137 e. The van der Waals surface area contributed by atoms with Gasteiger partial charge in [-0.3, -0.25) is 4.57 Å². The third-order valence-corrected chi connectivity index (χ3v) is 9.06. The molecule has 0 saturated carbocycles. The van der Waals surface area contributed by atoms with Gasteiger partial charge < -0.3 is 14.5 Å². The first-order valence-corrected chi connectivity index (χ1v) is 14.7. The van der Waals surface area contributed by atoms with Crippen LogP contribution in [0.1, 0.15) is 13.8 Å². The van der Waals surface area contributed by atoms with Gasteiger partial charge in [-0.15, -0.1) is 11.3 Å². The van der Waals surface area contributed by atoms with Crippen LogP contribution in [-0.4, -0.2) is 27.2 Å². The molecule has 0 spiro atoms. The summed E-state index contributed by atoms with van der Waals surface area (Å²) in [5.41, 5.74) is 3.37. The van der Waals surface area contributed by atoms with E-state index in [1.807, 2.05) is 35.7 Å². The number of thiophene rings is 1. The van der Waals surface area contributed by atoms with E-state index >= 15 is 0 Å². The van der Waals surface area contributed by atoms with E-state index in [9.17, 15) is 0 Å². The number of nitrogens with zero attached hydrogens (tertiary/aromatic N) is 4. The number of rotatable bonds is 5. The van der Waals surface area contributed by atoms with Crippen LogP contribution in [0.5, 0.6) is 11.5 Å². The lowest BCUT2D eigenvalue weighted by Gasteiger charge is -2.24. The zero-order chi connectivity index (χ0) is 27.5. The van der Waals surface area contributed by atoms with Crippen LogP contribution in [0.2, 0.25) is 0 Å². The summed E-state index contributed by atoms with van der Waals surface area (Å²) < 4.78 is 11.4. The summed E-state index contributed by atoms with van der Waals surface area (Å²) in [5.74, 6) is 2.50. The summed E-state index contributed by atoms with van der Waals surface area (Å²) in [5, 5.41) is 4.94. The van der Waals surface area contributed by atoms with Crippen LogP contribution in [0.25, 0.3) is 47.8 Å². The number of pyridine rings is 1. The van der Waals surface area contributed by atoms with Crippen molar-refractivity contribution in [1.82, 2.24) is 14.5 Å². The first-order chi connectivity index (χ1) is 20.1. The number of hydrogen-bond acceptors (Lipinski definition) is 5. The maximum absolute atomic E-state index is 6.49. The van der Waals surface area contributed by atoms with E-state index in [0.717, 1.165) is 35.2 Å². The Morgan fingerprint density at radius 1 is 0.756 bits per heavy atom. The average Bonchev–Trinajstić information content (AvgIpc) is 3.72. The zero-order valence-electron chi connectivity index (χ0n) is 22.9. The van der Waals surface area contributed by atoms with Crippen LogP contribution in [0.4, 0.5) is 5.69 Å². The minimum absolute atomic E-state index is 0.460. The summed E-state index contributed by atoms with van der Waals surface area (Å²) in [6, 6.07) is 34.4. The molecule has 1 aliphatic rings. The quantitative estimate of drug-likeness (QED) is 0.213. The van der Waals surface area contributed by atoms with Crippen LogP contribution in [0, 0.1) is 0 Å². The van der Waals surface area contributed by atoms with Gasteiger partial charge in [0.25, 0.3) is 0 Å². The van der Waals surface area contributed by atoms with Crippen molar-refractivity contribution < 1.29 is 4.74 Å². The fraction of sp³-hybridized carbons (Fsp3) is 0.114. The van der Waals surface area contributed by atoms with Crippen LogP contribution in [0.3, 0.4) is 0 Å². The Morgan fingerprint density at radius 3 is 2.46 bits per heavy atom. The third kappa shape index (κ3) is 3.94. The fourth-order valence-corrected chi connectivity index (χ4v) is 6.99. The van der Waals surface area contributed by atoms with Crippen molar-refractivity contribution in [2.75, 3.05) is 11.6 Å². The molecule has 0 radical (unpaired) electrons. The van der Waals surface area contributed by atoms with Gasteiger partial charge in [0, 0.05) is 73.4 Å². The third-order valence-electron chi connectivity index (χ3n) is 7.92. The Hall–Kier alpha value is -4.81. The van der Waals surface area contributed by atoms with Crippen molar-refractivity contribution in [2.24, 2.45) is 0 Å². The summed E-state index contributed by atoms with van der Waals surface area (Å²) in [7, 11) is 0. The van der Waals surface area contributed by atoms with Gasteiger partial charge in [0.1, 0.15) is 17.3 Å². The predicted octanol–water partition coefficient (Wildman–Crippen LogP) is 9.30. The molecule has 8 rings (SSSR count). The van der Waals surface area contributed by atoms with Gasteiger partial charge in [-0.25, -0.2) is 4.98 Å². The Bertz CT molecular complexity index is 2110. The van der Waals surface area contributed by atoms with E-state index in [1.165, 1.54) is 36.5 Å². The molecule has 1 aliphatic heterocycles. The van der Waals surface area contributed by atoms with Crippen LogP contribution >= 0.6 is 11.3 Å². The Balaban J connectivity index is 1.28. The highest BCUT2D eigenvalue weighted by molar-refractivity contribution is 7.26. The lowest BCUT2D eigenvalue weighted by atomic mass is 10.1. The summed E-state index contributed by atoms with van der Waals surface area (Å²) in [4.78, 5) is 9.34. The molecule has 0 saturated heterocycles. The largest absolute Gasteiger partial charge is 0.457 e. The maximum Gasteiger partial charge on any atom is 0.137 e. The van der Waals surface area contributed by atoms with Crippen molar-refractivity contribution in [3.63, 3.8) is 0 Å². The molecule has 0 aliphatic carbocycles. The van der Waals surface area contributed by atoms with Gasteiger partial charge >= 0.3 is 0 Å². The minimum atomic E-state index is 0.460. The SMILES string of the molecule is CC(C)N1C=CN(c2cccc(Oc3ccc4c5ccc6sc7ccccc7c6c5n(-c5ccccn5)c4c3)c2)C1. The highest BCUT2D eigenvalue weighted by atomic mass is 32.1. The predicted molar refractivity (Wildman–Crippen MR) is 171 cm³/mol. The molecular weight excluding hydrogens is 524 g/mol. The first kappa shape index (κ1) is 24.0. The van der Waals surface area contributed by atoms with Crippen molar-refractivity contribution in [3.8, 4) is 17.3 Å². The summed E-state index contributed by atoms with van der Waals surface area (Å²) in [6.07, 6.45) is 6.14. The molecule has 4 aromatic carbocycles. The van der Waals surface area contributed by atoms with Crippen molar-refractivity contribution in [1.29, 1.82) is 0 Å². The van der Waals surface area contributed by atoms with Gasteiger partial charge in [0.05, 0.1) is 17.7 Å². The molecule has 0 unspecified atom stereocenters. The number of fused-ring (bicyclic) bond motifs is 7. The molecule has 0 fully saturated rings. The monoisotopic (exact) mass is 552 g/mol. The lowest BCUT2D eigenvalue weighted by molar-refractivity contribution is 0.336. The van der Waals surface area contributed by atoms with E-state index in [-0.39, 0.29) is 0 Å². The van der Waals surface area contributed by atoms with Gasteiger partial charge in [-0.1, -0.05) is 36.4 Å². The van der Waals surface area contributed by atoms with Gasteiger partial charge in [0.15, 0.2) is 0 Å². The molecule has 0 amide bonds. The second-order valence-electron chi connectivity index (χ2n) is 10.8. The zero-order valence-corrected chi connectivity index (χ0v) is 23.7. The number of aromatic nitrogens is 2. The summed E-state index contributed by atoms with van der Waals surface area (Å²) >= 11 is 1.84. The lowest BCUT2D eigenvalue weighted by Crippen LogP contribution is -2.30. The molecule has 7 aromatic rings. The van der Waals surface area contributed by atoms with Gasteiger partial charge in [-0.05, 0) is 62.4 Å². The first-order valence-electron chi connectivity index (χ1n) is 13.9. The van der Waals surface area contributed by atoms with E-state index in [1.54, 1.807) is 0 Å². The van der Waals surface area contributed by atoms with Crippen molar-refractivity contribution >= 4 is 59.0 Å². The molecule has 41 heavy (non-hydrogen) atoms. The second-order valence-corrected chi connectivity index (χ2v) is 11.8. The average molecular weight is 553 g/mol. The molecule has 200 valence electrons. The maximum atomic E-state index is 6.49. The van der Waals surface area contributed by atoms with Gasteiger partial charge in [-0.2, -0.15) is 0 Å². The standard InChI is InChI=1S/C35H28N4OS/c1-23(2)37-18-19-38(22-37)24-8-7-9-25(20-24)40-26-13-14-27-28-15-16-32-34(29-10-3-4-11-31(29)41-32)35(28)39(30(27)21-26)33-12-5-6-17-36-33/h3-21,23H,22H2,1-2H3. The second kappa shape index (κ2) is 9.39. The number of anilines is 1. The summed E-state index contributed by atoms with van der Waals surface area (Å²) in [6.45, 7) is 5.25. The molecule has 3 aromatic heterocycles. The van der Waals surface area contributed by atoms with Crippen LogP contribution in [-0.2, 0) is 0 Å². The number of benzene rings is 4. The Labute approximate surface area is 242 Å². The highest BCUT2D eigenvalue weighted by Gasteiger charge is 2.20. The molecule has 6 heteroatoms. The van der Waals surface area contributed by atoms with E-state index in [0.29, 0.717) is 6.04 Å². The van der Waals surface area contributed by atoms with Gasteiger partial charge in [0.2, 0.25) is 0 Å². The molecular formula is C35H28N4OS. The van der Waals surface area contributed by atoms with E-state index in [4.69, 9.17) is 9.72 Å². The highest BCUT2D eigenvalue weighted by Crippen LogP contribution is 2.43. The van der Waals surface area contributed by atoms with Crippen molar-refractivity contribution in [3.05, 3.63) is 116 Å². The van der Waals surface area contributed by atoms with E-state index in [2.05, 4.69) is 119 Å². The van der Waals surface area contributed by atoms with Crippen LogP contribution < -0.4 is 9.64 Å². The molecule has 4 heterocycles. The van der Waals surface area contributed by atoms with Crippen molar-refractivity contribution in [2.45, 2.75) is 19.9 Å². The topological polar surface area (TPSA) is 33.5 Å². The number of hydrogen-bond donors (Lipinski definition) is 0. The Morgan fingerprint density at radius 2 is 1.61 bits per heavy atom.